The Hall–Kier alpha value is -3.03. The van der Waals surface area contributed by atoms with Gasteiger partial charge in [0, 0.05) is 11.6 Å². The van der Waals surface area contributed by atoms with Crippen molar-refractivity contribution < 1.29 is 17.9 Å². The van der Waals surface area contributed by atoms with Crippen LogP contribution in [0.3, 0.4) is 0 Å². The molecule has 0 aliphatic carbocycles. The van der Waals surface area contributed by atoms with Crippen LogP contribution in [-0.4, -0.2) is 27.5 Å². The van der Waals surface area contributed by atoms with Crippen LogP contribution in [0.15, 0.2) is 77.7 Å². The van der Waals surface area contributed by atoms with Gasteiger partial charge in [-0.2, -0.15) is 0 Å². The molecule has 1 unspecified atom stereocenters. The molecule has 0 bridgehead atoms. The van der Waals surface area contributed by atoms with Crippen LogP contribution in [0, 0.1) is 0 Å². The third kappa shape index (κ3) is 4.18. The summed E-state index contributed by atoms with van der Waals surface area (Å²) in [7, 11) is -3.95. The molecule has 4 rings (SSSR count). The van der Waals surface area contributed by atoms with E-state index in [0.717, 1.165) is 12.0 Å². The molecule has 0 radical (unpaired) electrons. The zero-order chi connectivity index (χ0) is 22.7. The number of rotatable bonds is 6. The minimum atomic E-state index is -3.95. The standard InChI is InChI=1S/C24H23ClN2O4S/c1-2-15-26-24(28)20-9-6-10-21-23(20)31-16-22(17-11-13-18(25)14-12-17)27(21)32(29,30)19-7-4-3-5-8-19/h3-14,22H,2,15-16H2,1H3,(H,26,28). The Labute approximate surface area is 192 Å². The maximum Gasteiger partial charge on any atom is 0.265 e. The van der Waals surface area contributed by atoms with E-state index in [1.807, 2.05) is 6.92 Å². The molecule has 1 amide bonds. The molecule has 0 spiro atoms. The topological polar surface area (TPSA) is 75.7 Å². The summed E-state index contributed by atoms with van der Waals surface area (Å²) >= 11 is 6.04. The Balaban J connectivity index is 1.87. The average Bonchev–Trinajstić information content (AvgIpc) is 2.82. The van der Waals surface area contributed by atoms with Crippen molar-refractivity contribution in [3.63, 3.8) is 0 Å². The van der Waals surface area contributed by atoms with Gasteiger partial charge >= 0.3 is 0 Å². The highest BCUT2D eigenvalue weighted by atomic mass is 35.5. The molecular formula is C24H23ClN2O4S. The maximum absolute atomic E-state index is 13.8. The molecule has 1 atom stereocenters. The molecule has 1 aliphatic rings. The third-order valence-corrected chi connectivity index (χ3v) is 7.32. The first-order chi connectivity index (χ1) is 15.4. The van der Waals surface area contributed by atoms with Gasteiger partial charge in [0.15, 0.2) is 5.75 Å². The molecule has 0 aromatic heterocycles. The van der Waals surface area contributed by atoms with Crippen molar-refractivity contribution in [3.8, 4) is 5.75 Å². The van der Waals surface area contributed by atoms with Crippen molar-refractivity contribution in [2.45, 2.75) is 24.3 Å². The van der Waals surface area contributed by atoms with Crippen LogP contribution < -0.4 is 14.4 Å². The van der Waals surface area contributed by atoms with Crippen molar-refractivity contribution >= 4 is 33.2 Å². The first kappa shape index (κ1) is 22.2. The Kier molecular flexibility index (Phi) is 6.39. The number of fused-ring (bicyclic) bond motifs is 1. The summed E-state index contributed by atoms with van der Waals surface area (Å²) in [6, 6.07) is 19.6. The largest absolute Gasteiger partial charge is 0.488 e. The second kappa shape index (κ2) is 9.22. The molecule has 1 N–H and O–H groups in total. The second-order valence-corrected chi connectivity index (χ2v) is 9.65. The fourth-order valence-corrected chi connectivity index (χ4v) is 5.45. The lowest BCUT2D eigenvalue weighted by Gasteiger charge is -2.38. The Morgan fingerprint density at radius 3 is 2.47 bits per heavy atom. The van der Waals surface area contributed by atoms with E-state index in [4.69, 9.17) is 16.3 Å². The van der Waals surface area contributed by atoms with Gasteiger partial charge < -0.3 is 10.1 Å². The van der Waals surface area contributed by atoms with Crippen LogP contribution in [0.4, 0.5) is 5.69 Å². The Morgan fingerprint density at radius 2 is 1.78 bits per heavy atom. The smallest absolute Gasteiger partial charge is 0.265 e. The third-order valence-electron chi connectivity index (χ3n) is 5.24. The van der Waals surface area contributed by atoms with Gasteiger partial charge in [-0.05, 0) is 48.4 Å². The second-order valence-electron chi connectivity index (χ2n) is 7.40. The molecule has 3 aromatic rings. The van der Waals surface area contributed by atoms with E-state index >= 15 is 0 Å². The first-order valence-electron chi connectivity index (χ1n) is 10.3. The Morgan fingerprint density at radius 1 is 1.06 bits per heavy atom. The SMILES string of the molecule is CCCNC(=O)c1cccc2c1OCC(c1ccc(Cl)cc1)N2S(=O)(=O)c1ccccc1. The van der Waals surface area contributed by atoms with E-state index in [9.17, 15) is 13.2 Å². The molecule has 0 fully saturated rings. The van der Waals surface area contributed by atoms with Gasteiger partial charge in [0.2, 0.25) is 0 Å². The number of benzene rings is 3. The first-order valence-corrected chi connectivity index (χ1v) is 12.1. The number of nitrogens with one attached hydrogen (secondary N) is 1. The molecule has 0 saturated carbocycles. The van der Waals surface area contributed by atoms with Gasteiger partial charge in [-0.15, -0.1) is 0 Å². The number of ether oxygens (including phenoxy) is 1. The van der Waals surface area contributed by atoms with Crippen molar-refractivity contribution in [1.29, 1.82) is 0 Å². The van der Waals surface area contributed by atoms with Gasteiger partial charge in [0.1, 0.15) is 12.6 Å². The molecule has 8 heteroatoms. The van der Waals surface area contributed by atoms with Crippen molar-refractivity contribution in [1.82, 2.24) is 5.32 Å². The lowest BCUT2D eigenvalue weighted by Crippen LogP contribution is -2.41. The number of hydrogen-bond donors (Lipinski definition) is 1. The quantitative estimate of drug-likeness (QED) is 0.561. The van der Waals surface area contributed by atoms with E-state index < -0.39 is 16.1 Å². The maximum atomic E-state index is 13.8. The summed E-state index contributed by atoms with van der Waals surface area (Å²) < 4.78 is 35.0. The molecule has 32 heavy (non-hydrogen) atoms. The number of hydrogen-bond acceptors (Lipinski definition) is 4. The molecule has 1 aliphatic heterocycles. The molecule has 1 heterocycles. The average molecular weight is 471 g/mol. The van der Waals surface area contributed by atoms with E-state index in [-0.39, 0.29) is 23.2 Å². The van der Waals surface area contributed by atoms with E-state index in [2.05, 4.69) is 5.32 Å². The number of sulfonamides is 1. The summed E-state index contributed by atoms with van der Waals surface area (Å²) in [6.07, 6.45) is 0.786. The van der Waals surface area contributed by atoms with Crippen LogP contribution in [0.25, 0.3) is 0 Å². The number of anilines is 1. The normalized spacial score (nSPS) is 15.6. The molecule has 3 aromatic carbocycles. The summed E-state index contributed by atoms with van der Waals surface area (Å²) in [5.41, 5.74) is 1.36. The number of nitrogens with zero attached hydrogens (tertiary/aromatic N) is 1. The van der Waals surface area contributed by atoms with E-state index in [0.29, 0.717) is 22.8 Å². The van der Waals surface area contributed by atoms with Crippen molar-refractivity contribution in [2.24, 2.45) is 0 Å². The monoisotopic (exact) mass is 470 g/mol. The van der Waals surface area contributed by atoms with E-state index in [1.165, 1.54) is 4.31 Å². The van der Waals surface area contributed by atoms with Crippen molar-refractivity contribution in [3.05, 3.63) is 88.9 Å². The van der Waals surface area contributed by atoms with Gasteiger partial charge in [0.05, 0.1) is 16.1 Å². The summed E-state index contributed by atoms with van der Waals surface area (Å²) in [5.74, 6) is -0.0449. The fourth-order valence-electron chi connectivity index (χ4n) is 3.68. The summed E-state index contributed by atoms with van der Waals surface area (Å²) in [5, 5.41) is 3.39. The predicted molar refractivity (Wildman–Crippen MR) is 125 cm³/mol. The highest BCUT2D eigenvalue weighted by Gasteiger charge is 2.39. The van der Waals surface area contributed by atoms with Crippen LogP contribution in [0.2, 0.25) is 5.02 Å². The number of para-hydroxylation sites is 1. The lowest BCUT2D eigenvalue weighted by molar-refractivity contribution is 0.0948. The molecular weight excluding hydrogens is 448 g/mol. The van der Waals surface area contributed by atoms with Crippen LogP contribution in [0.1, 0.15) is 35.3 Å². The van der Waals surface area contributed by atoms with Crippen LogP contribution in [-0.2, 0) is 10.0 Å². The minimum Gasteiger partial charge on any atom is -0.488 e. The molecule has 0 saturated heterocycles. The lowest BCUT2D eigenvalue weighted by atomic mass is 10.0. The van der Waals surface area contributed by atoms with Crippen LogP contribution in [0.5, 0.6) is 5.75 Å². The number of carbonyl (C=O) groups excluding carboxylic acids is 1. The van der Waals surface area contributed by atoms with Gasteiger partial charge in [-0.3, -0.25) is 9.10 Å². The highest BCUT2D eigenvalue weighted by molar-refractivity contribution is 7.92. The van der Waals surface area contributed by atoms with E-state index in [1.54, 1.807) is 72.8 Å². The van der Waals surface area contributed by atoms with Gasteiger partial charge in [0.25, 0.3) is 15.9 Å². The van der Waals surface area contributed by atoms with Gasteiger partial charge in [-0.25, -0.2) is 8.42 Å². The molecule has 166 valence electrons. The minimum absolute atomic E-state index is 0.0543. The van der Waals surface area contributed by atoms with Crippen molar-refractivity contribution in [2.75, 3.05) is 17.5 Å². The zero-order valence-corrected chi connectivity index (χ0v) is 19.1. The number of amides is 1. The van der Waals surface area contributed by atoms with Gasteiger partial charge in [-0.1, -0.05) is 54.9 Å². The number of carbonyl (C=O) groups is 1. The predicted octanol–water partition coefficient (Wildman–Crippen LogP) is 4.81. The Bertz CT molecular complexity index is 1210. The summed E-state index contributed by atoms with van der Waals surface area (Å²) in [6.45, 7) is 2.53. The highest BCUT2D eigenvalue weighted by Crippen LogP contribution is 2.44. The fraction of sp³-hybridized carbons (Fsp3) is 0.208. The zero-order valence-electron chi connectivity index (χ0n) is 17.5. The van der Waals surface area contributed by atoms with Crippen LogP contribution >= 0.6 is 11.6 Å². The molecule has 6 nitrogen and oxygen atoms in total. The number of halogens is 1. The summed E-state index contributed by atoms with van der Waals surface area (Å²) in [4.78, 5) is 12.9.